The number of hydrogen-bond donors (Lipinski definition) is 0. The number of alkyl halides is 1. The molecule has 0 aromatic rings. The molecule has 3 heteroatoms. The summed E-state index contributed by atoms with van der Waals surface area (Å²) < 4.78 is 5.12. The molecule has 0 N–H and O–H groups in total. The Labute approximate surface area is 91.0 Å². The molecule has 0 spiro atoms. The number of carbonyl (C=O) groups is 1. The first-order valence-electron chi connectivity index (χ1n) is 5.55. The molecule has 0 aromatic heterocycles. The number of halogens is 1. The molecule has 0 amide bonds. The molecule has 82 valence electrons. The Balaban J connectivity index is 2.03. The minimum atomic E-state index is -0.662. The van der Waals surface area contributed by atoms with Gasteiger partial charge in [-0.3, -0.25) is 4.79 Å². The molecule has 0 heterocycles. The third kappa shape index (κ3) is 3.16. The van der Waals surface area contributed by atoms with E-state index >= 15 is 0 Å². The number of rotatable bonds is 6. The van der Waals surface area contributed by atoms with Gasteiger partial charge in [0, 0.05) is 0 Å². The van der Waals surface area contributed by atoms with Crippen molar-refractivity contribution in [3.63, 3.8) is 0 Å². The van der Waals surface area contributed by atoms with Crippen LogP contribution < -0.4 is 0 Å². The second-order valence-corrected chi connectivity index (χ2v) is 4.74. The van der Waals surface area contributed by atoms with Crippen molar-refractivity contribution < 1.29 is 9.53 Å². The standard InChI is InChI=1S/C11H19ClO2/c1-2-3-4-5-9-14-10(13)11(12)7-6-8-11/h2-9H2,1H3. The van der Waals surface area contributed by atoms with E-state index in [1.807, 2.05) is 0 Å². The van der Waals surface area contributed by atoms with Gasteiger partial charge in [-0.15, -0.1) is 11.6 Å². The van der Waals surface area contributed by atoms with Gasteiger partial charge in [0.1, 0.15) is 4.87 Å². The monoisotopic (exact) mass is 218 g/mol. The fourth-order valence-corrected chi connectivity index (χ4v) is 1.84. The summed E-state index contributed by atoms with van der Waals surface area (Å²) in [6.07, 6.45) is 7.13. The fourth-order valence-electron chi connectivity index (χ4n) is 1.51. The molecule has 1 fully saturated rings. The topological polar surface area (TPSA) is 26.3 Å². The molecule has 0 unspecified atom stereocenters. The number of unbranched alkanes of at least 4 members (excludes halogenated alkanes) is 3. The Hall–Kier alpha value is -0.240. The zero-order valence-corrected chi connectivity index (χ0v) is 9.61. The highest BCUT2D eigenvalue weighted by molar-refractivity contribution is 6.34. The fraction of sp³-hybridized carbons (Fsp3) is 0.909. The van der Waals surface area contributed by atoms with Crippen molar-refractivity contribution in [1.29, 1.82) is 0 Å². The van der Waals surface area contributed by atoms with Crippen LogP contribution in [0, 0.1) is 0 Å². The molecule has 0 bridgehead atoms. The molecular formula is C11H19ClO2. The molecule has 1 rings (SSSR count). The van der Waals surface area contributed by atoms with Gasteiger partial charge in [-0.25, -0.2) is 0 Å². The molecule has 14 heavy (non-hydrogen) atoms. The van der Waals surface area contributed by atoms with Gasteiger partial charge in [-0.1, -0.05) is 26.2 Å². The van der Waals surface area contributed by atoms with Crippen molar-refractivity contribution in [1.82, 2.24) is 0 Å². The number of hydrogen-bond acceptors (Lipinski definition) is 2. The van der Waals surface area contributed by atoms with Crippen molar-refractivity contribution in [3.8, 4) is 0 Å². The van der Waals surface area contributed by atoms with Crippen LogP contribution in [0.1, 0.15) is 51.9 Å². The predicted molar refractivity (Wildman–Crippen MR) is 57.5 cm³/mol. The molecule has 0 radical (unpaired) electrons. The Bertz CT molecular complexity index is 188. The van der Waals surface area contributed by atoms with E-state index in [0.717, 1.165) is 32.1 Å². The summed E-state index contributed by atoms with van der Waals surface area (Å²) in [4.78, 5) is 10.8. The average molecular weight is 219 g/mol. The molecule has 0 atom stereocenters. The summed E-state index contributed by atoms with van der Waals surface area (Å²) in [6.45, 7) is 2.70. The Morgan fingerprint density at radius 3 is 2.57 bits per heavy atom. The summed E-state index contributed by atoms with van der Waals surface area (Å²) in [5, 5.41) is 0. The van der Waals surface area contributed by atoms with Gasteiger partial charge in [0.15, 0.2) is 0 Å². The highest BCUT2D eigenvalue weighted by Crippen LogP contribution is 2.39. The quantitative estimate of drug-likeness (QED) is 0.389. The van der Waals surface area contributed by atoms with Crippen LogP contribution in [0.25, 0.3) is 0 Å². The van der Waals surface area contributed by atoms with E-state index in [2.05, 4.69) is 6.92 Å². The smallest absolute Gasteiger partial charge is 0.327 e. The first-order valence-corrected chi connectivity index (χ1v) is 5.93. The maximum Gasteiger partial charge on any atom is 0.327 e. The van der Waals surface area contributed by atoms with Crippen molar-refractivity contribution in [2.24, 2.45) is 0 Å². The summed E-state index contributed by atoms with van der Waals surface area (Å²) in [6, 6.07) is 0. The average Bonchev–Trinajstić information content (AvgIpc) is 2.13. The number of carbonyl (C=O) groups excluding carboxylic acids is 1. The normalized spacial score (nSPS) is 18.7. The van der Waals surface area contributed by atoms with Crippen molar-refractivity contribution in [3.05, 3.63) is 0 Å². The van der Waals surface area contributed by atoms with Crippen LogP contribution in [0.3, 0.4) is 0 Å². The van der Waals surface area contributed by atoms with Gasteiger partial charge >= 0.3 is 5.97 Å². The second-order valence-electron chi connectivity index (χ2n) is 4.02. The minimum Gasteiger partial charge on any atom is -0.464 e. The Kier molecular flexibility index (Phi) is 4.73. The summed E-state index contributed by atoms with van der Waals surface area (Å²) in [5.74, 6) is -0.207. The molecule has 0 saturated heterocycles. The van der Waals surface area contributed by atoms with Crippen LogP contribution in [-0.2, 0) is 9.53 Å². The lowest BCUT2D eigenvalue weighted by molar-refractivity contribution is -0.149. The van der Waals surface area contributed by atoms with Crippen LogP contribution in [-0.4, -0.2) is 17.5 Å². The van der Waals surface area contributed by atoms with E-state index in [4.69, 9.17) is 16.3 Å². The van der Waals surface area contributed by atoms with Crippen LogP contribution in [0.15, 0.2) is 0 Å². The van der Waals surface area contributed by atoms with Gasteiger partial charge in [0.25, 0.3) is 0 Å². The lowest BCUT2D eigenvalue weighted by Gasteiger charge is -2.32. The van der Waals surface area contributed by atoms with E-state index < -0.39 is 4.87 Å². The highest BCUT2D eigenvalue weighted by atomic mass is 35.5. The van der Waals surface area contributed by atoms with Crippen LogP contribution in [0.5, 0.6) is 0 Å². The zero-order valence-electron chi connectivity index (χ0n) is 8.85. The van der Waals surface area contributed by atoms with Gasteiger partial charge < -0.3 is 4.74 Å². The maximum atomic E-state index is 11.4. The first-order chi connectivity index (χ1) is 6.69. The minimum absolute atomic E-state index is 0.207. The van der Waals surface area contributed by atoms with Gasteiger partial charge in [0.2, 0.25) is 0 Å². The molecule has 2 nitrogen and oxygen atoms in total. The van der Waals surface area contributed by atoms with Crippen LogP contribution in [0.2, 0.25) is 0 Å². The van der Waals surface area contributed by atoms with E-state index in [1.54, 1.807) is 0 Å². The second kappa shape index (κ2) is 5.59. The van der Waals surface area contributed by atoms with E-state index in [9.17, 15) is 4.79 Å². The predicted octanol–water partition coefficient (Wildman–Crippen LogP) is 3.27. The molecule has 1 saturated carbocycles. The van der Waals surface area contributed by atoms with Crippen LogP contribution in [0.4, 0.5) is 0 Å². The van der Waals surface area contributed by atoms with Gasteiger partial charge in [-0.2, -0.15) is 0 Å². The molecule has 1 aliphatic rings. The lowest BCUT2D eigenvalue weighted by Crippen LogP contribution is -2.41. The molecular weight excluding hydrogens is 200 g/mol. The Morgan fingerprint density at radius 2 is 2.07 bits per heavy atom. The van der Waals surface area contributed by atoms with E-state index in [1.165, 1.54) is 12.8 Å². The number of esters is 1. The third-order valence-corrected chi connectivity index (χ3v) is 3.28. The molecule has 0 aliphatic heterocycles. The molecule has 0 aromatic carbocycles. The third-order valence-electron chi connectivity index (χ3n) is 2.74. The number of ether oxygens (including phenoxy) is 1. The Morgan fingerprint density at radius 1 is 1.36 bits per heavy atom. The highest BCUT2D eigenvalue weighted by Gasteiger charge is 2.43. The summed E-state index contributed by atoms with van der Waals surface area (Å²) >= 11 is 6.02. The van der Waals surface area contributed by atoms with Gasteiger partial charge in [-0.05, 0) is 25.7 Å². The van der Waals surface area contributed by atoms with Crippen molar-refractivity contribution in [2.45, 2.75) is 56.7 Å². The van der Waals surface area contributed by atoms with E-state index in [0.29, 0.717) is 6.61 Å². The van der Waals surface area contributed by atoms with Gasteiger partial charge in [0.05, 0.1) is 6.61 Å². The first kappa shape index (κ1) is 11.8. The largest absolute Gasteiger partial charge is 0.464 e. The maximum absolute atomic E-state index is 11.4. The van der Waals surface area contributed by atoms with Crippen molar-refractivity contribution in [2.75, 3.05) is 6.61 Å². The summed E-state index contributed by atoms with van der Waals surface area (Å²) in [5.41, 5.74) is 0. The SMILES string of the molecule is CCCCCCOC(=O)C1(Cl)CCC1. The molecule has 1 aliphatic carbocycles. The zero-order chi connectivity index (χ0) is 10.4. The van der Waals surface area contributed by atoms with E-state index in [-0.39, 0.29) is 5.97 Å². The lowest BCUT2D eigenvalue weighted by atomic mass is 9.84. The van der Waals surface area contributed by atoms with Crippen LogP contribution >= 0.6 is 11.6 Å². The summed E-state index contributed by atoms with van der Waals surface area (Å²) in [7, 11) is 0. The van der Waals surface area contributed by atoms with Crippen molar-refractivity contribution >= 4 is 17.6 Å².